The van der Waals surface area contributed by atoms with Gasteiger partial charge in [-0.05, 0) is 67.6 Å². The number of alkyl halides is 3. The maximum atomic E-state index is 12.9. The molecule has 13 nitrogen and oxygen atoms in total. The monoisotopic (exact) mass is 678 g/mol. The Kier molecular flexibility index (Phi) is 11.3. The molecule has 1 atom stereocenters. The van der Waals surface area contributed by atoms with Crippen LogP contribution in [0.25, 0.3) is 0 Å². The van der Waals surface area contributed by atoms with Gasteiger partial charge in [0.2, 0.25) is 11.9 Å². The third-order valence-corrected chi connectivity index (χ3v) is 7.25. The van der Waals surface area contributed by atoms with Crippen LogP contribution in [0.5, 0.6) is 6.01 Å². The van der Waals surface area contributed by atoms with Gasteiger partial charge in [0.25, 0.3) is 0 Å². The minimum absolute atomic E-state index is 0.0219. The summed E-state index contributed by atoms with van der Waals surface area (Å²) in [6, 6.07) is 12.6. The second-order valence-corrected chi connectivity index (χ2v) is 11.3. The number of hydrogen-bond donors (Lipinski definition) is 4. The summed E-state index contributed by atoms with van der Waals surface area (Å²) in [5.41, 5.74) is 1.45. The molecule has 0 radical (unpaired) electrons. The average Bonchev–Trinajstić information content (AvgIpc) is 3.81. The van der Waals surface area contributed by atoms with E-state index in [1.165, 1.54) is 21.2 Å². The van der Waals surface area contributed by atoms with Gasteiger partial charge in [0.1, 0.15) is 6.04 Å². The average molecular weight is 679 g/mol. The molecule has 4 rings (SSSR count). The van der Waals surface area contributed by atoms with Gasteiger partial charge in [-0.1, -0.05) is 23.7 Å². The number of halogens is 4. The number of aromatic nitrogens is 3. The molecule has 4 N–H and O–H groups in total. The van der Waals surface area contributed by atoms with E-state index in [1.807, 2.05) is 12.1 Å². The highest BCUT2D eigenvalue weighted by Gasteiger charge is 2.45. The van der Waals surface area contributed by atoms with Crippen molar-refractivity contribution in [3.63, 3.8) is 0 Å². The molecular weight excluding hydrogens is 645 g/mol. The van der Waals surface area contributed by atoms with Crippen LogP contribution in [0, 0.1) is 0 Å². The van der Waals surface area contributed by atoms with Crippen molar-refractivity contribution in [3.05, 3.63) is 59.1 Å². The molecule has 1 fully saturated rings. The molecule has 0 saturated heterocycles. The van der Waals surface area contributed by atoms with Crippen LogP contribution in [-0.2, 0) is 24.7 Å². The summed E-state index contributed by atoms with van der Waals surface area (Å²) in [4.78, 5) is 49.5. The van der Waals surface area contributed by atoms with E-state index in [0.29, 0.717) is 29.2 Å². The van der Waals surface area contributed by atoms with E-state index in [2.05, 4.69) is 36.2 Å². The molecule has 0 spiro atoms. The third kappa shape index (κ3) is 10.3. The summed E-state index contributed by atoms with van der Waals surface area (Å²) in [6.45, 7) is -1.41. The van der Waals surface area contributed by atoms with Gasteiger partial charge in [-0.2, -0.15) is 28.1 Å². The Balaban J connectivity index is 1.43. The van der Waals surface area contributed by atoms with Crippen LogP contribution in [0.1, 0.15) is 31.2 Å². The summed E-state index contributed by atoms with van der Waals surface area (Å²) in [5, 5.41) is 12.3. The second kappa shape index (κ2) is 15.2. The van der Waals surface area contributed by atoms with Crippen molar-refractivity contribution in [2.75, 3.05) is 50.3 Å². The SMILES string of the molecule is COC(=O)[C@H](CCCNC(=O)C(=O)N(C)C)Nc1ccc(Nc2nc(NC3(c4ccc(Cl)cc4)CC3)nc(OCC(F)(F)F)n2)cc1. The van der Waals surface area contributed by atoms with Crippen molar-refractivity contribution in [1.29, 1.82) is 0 Å². The van der Waals surface area contributed by atoms with Crippen molar-refractivity contribution in [1.82, 2.24) is 25.2 Å². The lowest BCUT2D eigenvalue weighted by Gasteiger charge is -2.19. The predicted molar refractivity (Wildman–Crippen MR) is 167 cm³/mol. The van der Waals surface area contributed by atoms with Crippen molar-refractivity contribution in [2.45, 2.75) is 43.4 Å². The number of nitrogens with one attached hydrogen (secondary N) is 4. The Hall–Kier alpha value is -4.86. The fourth-order valence-electron chi connectivity index (χ4n) is 4.43. The van der Waals surface area contributed by atoms with Gasteiger partial charge in [0.05, 0.1) is 12.6 Å². The molecule has 3 aromatic rings. The molecule has 1 saturated carbocycles. The minimum atomic E-state index is -4.60. The molecule has 2 aromatic carbocycles. The number of carbonyl (C=O) groups excluding carboxylic acids is 3. The summed E-state index contributed by atoms with van der Waals surface area (Å²) < 4.78 is 48.4. The topological polar surface area (TPSA) is 160 Å². The highest BCUT2D eigenvalue weighted by molar-refractivity contribution is 6.34. The molecule has 1 aliphatic rings. The summed E-state index contributed by atoms with van der Waals surface area (Å²) in [6.07, 6.45) is -2.44. The normalized spacial score (nSPS) is 13.9. The van der Waals surface area contributed by atoms with Crippen molar-refractivity contribution < 1.29 is 37.0 Å². The maximum Gasteiger partial charge on any atom is 0.422 e. The van der Waals surface area contributed by atoms with E-state index in [-0.39, 0.29) is 18.4 Å². The Morgan fingerprint density at radius 2 is 1.62 bits per heavy atom. The molecule has 0 unspecified atom stereocenters. The van der Waals surface area contributed by atoms with Crippen LogP contribution in [-0.4, -0.2) is 84.2 Å². The van der Waals surface area contributed by atoms with Gasteiger partial charge in [0, 0.05) is 37.0 Å². The number of methoxy groups -OCH3 is 1. The molecule has 1 aromatic heterocycles. The van der Waals surface area contributed by atoms with E-state index in [0.717, 1.165) is 23.3 Å². The number of likely N-dealkylation sites (N-methyl/N-ethyl adjacent to an activating group) is 1. The van der Waals surface area contributed by atoms with E-state index in [1.54, 1.807) is 36.4 Å². The van der Waals surface area contributed by atoms with Gasteiger partial charge in [0.15, 0.2) is 6.61 Å². The van der Waals surface area contributed by atoms with Gasteiger partial charge >= 0.3 is 30.0 Å². The van der Waals surface area contributed by atoms with Gasteiger partial charge in [-0.3, -0.25) is 9.59 Å². The predicted octanol–water partition coefficient (Wildman–Crippen LogP) is 4.25. The number of benzene rings is 2. The van der Waals surface area contributed by atoms with Crippen molar-refractivity contribution in [3.8, 4) is 6.01 Å². The van der Waals surface area contributed by atoms with Gasteiger partial charge < -0.3 is 35.6 Å². The molecule has 17 heteroatoms. The lowest BCUT2D eigenvalue weighted by Crippen LogP contribution is -2.40. The molecule has 1 aliphatic carbocycles. The zero-order chi connectivity index (χ0) is 34.2. The van der Waals surface area contributed by atoms with Crippen LogP contribution in [0.15, 0.2) is 48.5 Å². The molecule has 0 bridgehead atoms. The van der Waals surface area contributed by atoms with E-state index < -0.39 is 48.2 Å². The van der Waals surface area contributed by atoms with Gasteiger partial charge in [-0.15, -0.1) is 0 Å². The van der Waals surface area contributed by atoms with Crippen LogP contribution < -0.4 is 26.0 Å². The Morgan fingerprint density at radius 3 is 2.21 bits per heavy atom. The summed E-state index contributed by atoms with van der Waals surface area (Å²) in [7, 11) is 4.19. The van der Waals surface area contributed by atoms with E-state index >= 15 is 0 Å². The third-order valence-electron chi connectivity index (χ3n) is 7.00. The first-order valence-corrected chi connectivity index (χ1v) is 14.9. The first-order chi connectivity index (χ1) is 22.3. The molecule has 1 heterocycles. The number of ether oxygens (including phenoxy) is 2. The second-order valence-electron chi connectivity index (χ2n) is 10.9. The van der Waals surface area contributed by atoms with Crippen LogP contribution >= 0.6 is 11.6 Å². The lowest BCUT2D eigenvalue weighted by molar-refractivity contribution is -0.154. The number of hydrogen-bond acceptors (Lipinski definition) is 11. The first kappa shape index (κ1) is 35.0. The maximum absolute atomic E-state index is 12.9. The van der Waals surface area contributed by atoms with Crippen LogP contribution in [0.3, 0.4) is 0 Å². The zero-order valence-electron chi connectivity index (χ0n) is 25.8. The Labute approximate surface area is 273 Å². The first-order valence-electron chi connectivity index (χ1n) is 14.5. The summed E-state index contributed by atoms with van der Waals surface area (Å²) in [5.74, 6) is -1.98. The number of anilines is 4. The number of carbonyl (C=O) groups is 3. The highest BCUT2D eigenvalue weighted by Crippen LogP contribution is 2.48. The van der Waals surface area contributed by atoms with Crippen molar-refractivity contribution >= 4 is 52.7 Å². The fraction of sp³-hybridized carbons (Fsp3) is 0.400. The molecular formula is C30H34ClF3N8O5. The summed E-state index contributed by atoms with van der Waals surface area (Å²) >= 11 is 6.02. The molecule has 47 heavy (non-hydrogen) atoms. The zero-order valence-corrected chi connectivity index (χ0v) is 26.5. The van der Waals surface area contributed by atoms with Crippen LogP contribution in [0.2, 0.25) is 5.02 Å². The standard InChI is InChI=1S/C30H34ClF3N8O5/c1-42(2)24(44)23(43)35-16-4-5-22(25(45)46-3)36-20-10-12-21(13-11-20)37-26-38-27(40-28(39-26)47-17-30(32,33)34)41-29(14-15-29)18-6-8-19(31)9-7-18/h6-13,22,36H,4-5,14-17H2,1-3H3,(H,35,43)(H2,37,38,39,40,41)/t22-/m0/s1. The molecule has 252 valence electrons. The fourth-order valence-corrected chi connectivity index (χ4v) is 4.56. The molecule has 0 aliphatic heterocycles. The number of amides is 2. The van der Waals surface area contributed by atoms with E-state index in [4.69, 9.17) is 21.1 Å². The number of nitrogens with zero attached hydrogens (tertiary/aromatic N) is 4. The van der Waals surface area contributed by atoms with Gasteiger partial charge in [-0.25, -0.2) is 4.79 Å². The van der Waals surface area contributed by atoms with Crippen LogP contribution in [0.4, 0.5) is 36.4 Å². The lowest BCUT2D eigenvalue weighted by atomic mass is 10.1. The number of rotatable bonds is 14. The quantitative estimate of drug-likeness (QED) is 0.110. The minimum Gasteiger partial charge on any atom is -0.467 e. The Bertz CT molecular complexity index is 1550. The number of esters is 1. The highest BCUT2D eigenvalue weighted by atomic mass is 35.5. The Morgan fingerprint density at radius 1 is 0.979 bits per heavy atom. The van der Waals surface area contributed by atoms with E-state index in [9.17, 15) is 27.6 Å². The largest absolute Gasteiger partial charge is 0.467 e. The smallest absolute Gasteiger partial charge is 0.422 e. The molecule has 2 amide bonds. The van der Waals surface area contributed by atoms with Crippen molar-refractivity contribution in [2.24, 2.45) is 0 Å².